The first-order valence-electron chi connectivity index (χ1n) is 11.5. The third-order valence-electron chi connectivity index (χ3n) is 5.53. The van der Waals surface area contributed by atoms with Crippen molar-refractivity contribution in [1.29, 1.82) is 5.41 Å². The maximum atomic E-state index is 12.7. The molecule has 5 rings (SSSR count). The van der Waals surface area contributed by atoms with E-state index >= 15 is 0 Å². The maximum absolute atomic E-state index is 12.7. The van der Waals surface area contributed by atoms with Crippen LogP contribution in [0.15, 0.2) is 94.5 Å². The summed E-state index contributed by atoms with van der Waals surface area (Å²) in [4.78, 5) is 16.8. The van der Waals surface area contributed by atoms with E-state index in [-0.39, 0.29) is 11.4 Å². The van der Waals surface area contributed by atoms with Crippen molar-refractivity contribution in [2.75, 3.05) is 13.2 Å². The number of carbonyl (C=O) groups is 1. The number of fused-ring (bicyclic) bond motifs is 1. The van der Waals surface area contributed by atoms with Gasteiger partial charge in [-0.1, -0.05) is 60.2 Å². The molecule has 8 heteroatoms. The molecule has 0 fully saturated rings. The fourth-order valence-electron chi connectivity index (χ4n) is 3.65. The van der Waals surface area contributed by atoms with E-state index in [1.807, 2.05) is 85.8 Å². The second kappa shape index (κ2) is 10.6. The van der Waals surface area contributed by atoms with Crippen molar-refractivity contribution in [1.82, 2.24) is 5.01 Å². The molecule has 0 aromatic heterocycles. The van der Waals surface area contributed by atoms with Gasteiger partial charge in [0.15, 0.2) is 5.84 Å². The average Bonchev–Trinajstić information content (AvgIpc) is 3.29. The Balaban J connectivity index is 1.19. The molecule has 2 aliphatic heterocycles. The summed E-state index contributed by atoms with van der Waals surface area (Å²) in [5.74, 6) is 1.09. The van der Waals surface area contributed by atoms with Gasteiger partial charge in [-0.2, -0.15) is 15.1 Å². The fourth-order valence-corrected chi connectivity index (χ4v) is 4.57. The van der Waals surface area contributed by atoms with Crippen LogP contribution in [-0.4, -0.2) is 40.2 Å². The first-order chi connectivity index (χ1) is 17.5. The van der Waals surface area contributed by atoms with Gasteiger partial charge in [-0.05, 0) is 60.2 Å². The van der Waals surface area contributed by atoms with E-state index in [0.29, 0.717) is 30.6 Å². The number of aliphatic imine (C=N–C) groups is 1. The third kappa shape index (κ3) is 5.55. The van der Waals surface area contributed by atoms with Crippen LogP contribution in [0.2, 0.25) is 0 Å². The molecule has 2 aliphatic rings. The minimum atomic E-state index is -0.441. The van der Waals surface area contributed by atoms with Gasteiger partial charge in [-0.15, -0.1) is 0 Å². The average molecular weight is 497 g/mol. The summed E-state index contributed by atoms with van der Waals surface area (Å²) < 4.78 is 11.4. The lowest BCUT2D eigenvalue weighted by molar-refractivity contribution is -0.114. The summed E-state index contributed by atoms with van der Waals surface area (Å²) in [6.45, 7) is 2.87. The number of nitrogens with one attached hydrogen (secondary N) is 1. The van der Waals surface area contributed by atoms with E-state index < -0.39 is 5.91 Å². The molecule has 1 amide bonds. The van der Waals surface area contributed by atoms with Crippen LogP contribution in [0.25, 0.3) is 6.08 Å². The zero-order valence-corrected chi connectivity index (χ0v) is 20.5. The van der Waals surface area contributed by atoms with Crippen LogP contribution >= 0.6 is 11.8 Å². The van der Waals surface area contributed by atoms with E-state index in [1.54, 1.807) is 6.08 Å². The Morgan fingerprint density at radius 1 is 0.917 bits per heavy atom. The van der Waals surface area contributed by atoms with Crippen LogP contribution in [0.3, 0.4) is 0 Å². The summed E-state index contributed by atoms with van der Waals surface area (Å²) >= 11 is 1.33. The Hall–Kier alpha value is -4.17. The van der Waals surface area contributed by atoms with Gasteiger partial charge in [0.05, 0.1) is 5.57 Å². The van der Waals surface area contributed by atoms with Crippen LogP contribution in [0, 0.1) is 12.3 Å². The molecular formula is C28H24N4O3S. The highest BCUT2D eigenvalue weighted by Crippen LogP contribution is 2.29. The first-order valence-corrected chi connectivity index (χ1v) is 12.3. The van der Waals surface area contributed by atoms with Crippen molar-refractivity contribution in [2.24, 2.45) is 10.1 Å². The molecule has 0 saturated carbocycles. The largest absolute Gasteiger partial charge is 0.490 e. The molecule has 180 valence electrons. The third-order valence-corrected chi connectivity index (χ3v) is 6.44. The highest BCUT2D eigenvalue weighted by atomic mass is 32.2. The smallest absolute Gasteiger partial charge is 0.283 e. The second-order valence-corrected chi connectivity index (χ2v) is 9.30. The molecule has 0 radical (unpaired) electrons. The predicted octanol–water partition coefficient (Wildman–Crippen LogP) is 5.31. The monoisotopic (exact) mass is 496 g/mol. The van der Waals surface area contributed by atoms with Gasteiger partial charge in [-0.3, -0.25) is 10.2 Å². The SMILES string of the molecule is Cc1ccc(OCCOc2ccc(/C=C3/C(=N)N4N=C(Cc5ccccc5)SC4=NC3=O)cc2)cc1. The molecule has 0 saturated heterocycles. The molecule has 0 aliphatic carbocycles. The number of nitrogens with zero attached hydrogens (tertiary/aromatic N) is 3. The number of rotatable bonds is 8. The number of benzene rings is 3. The number of hydrogen-bond donors (Lipinski definition) is 1. The zero-order valence-electron chi connectivity index (χ0n) is 19.7. The molecular weight excluding hydrogens is 472 g/mol. The van der Waals surface area contributed by atoms with Gasteiger partial charge in [-0.25, -0.2) is 0 Å². The molecule has 1 N–H and O–H groups in total. The molecule has 3 aromatic rings. The lowest BCUT2D eigenvalue weighted by atomic mass is 10.1. The topological polar surface area (TPSA) is 87.3 Å². The Bertz CT molecular complexity index is 1360. The van der Waals surface area contributed by atoms with Gasteiger partial charge in [0.1, 0.15) is 29.8 Å². The zero-order chi connectivity index (χ0) is 24.9. The van der Waals surface area contributed by atoms with Crippen LogP contribution in [0.4, 0.5) is 0 Å². The Kier molecular flexibility index (Phi) is 6.95. The van der Waals surface area contributed by atoms with Crippen molar-refractivity contribution in [3.05, 3.63) is 101 Å². The van der Waals surface area contributed by atoms with Crippen molar-refractivity contribution in [2.45, 2.75) is 13.3 Å². The van der Waals surface area contributed by atoms with E-state index in [4.69, 9.17) is 14.9 Å². The van der Waals surface area contributed by atoms with Crippen molar-refractivity contribution in [3.63, 3.8) is 0 Å². The van der Waals surface area contributed by atoms with Crippen molar-refractivity contribution >= 4 is 39.8 Å². The van der Waals surface area contributed by atoms with Gasteiger partial charge < -0.3 is 9.47 Å². The summed E-state index contributed by atoms with van der Waals surface area (Å²) in [7, 11) is 0. The quantitative estimate of drug-likeness (QED) is 0.337. The number of ether oxygens (including phenoxy) is 2. The Labute approximate surface area is 213 Å². The van der Waals surface area contributed by atoms with Crippen LogP contribution in [0.5, 0.6) is 11.5 Å². The Morgan fingerprint density at radius 2 is 1.56 bits per heavy atom. The predicted molar refractivity (Wildman–Crippen MR) is 144 cm³/mol. The second-order valence-electron chi connectivity index (χ2n) is 8.26. The molecule has 3 aromatic carbocycles. The number of carbonyl (C=O) groups excluding carboxylic acids is 1. The van der Waals surface area contributed by atoms with Crippen LogP contribution in [-0.2, 0) is 11.2 Å². The van der Waals surface area contributed by atoms with E-state index in [9.17, 15) is 4.79 Å². The fraction of sp³-hybridized carbons (Fsp3) is 0.143. The van der Waals surface area contributed by atoms with E-state index in [1.165, 1.54) is 22.3 Å². The van der Waals surface area contributed by atoms with Crippen LogP contribution < -0.4 is 9.47 Å². The van der Waals surface area contributed by atoms with Gasteiger partial charge in [0, 0.05) is 6.42 Å². The summed E-state index contributed by atoms with van der Waals surface area (Å²) in [5, 5.41) is 15.7. The molecule has 0 atom stereocenters. The lowest BCUT2D eigenvalue weighted by Crippen LogP contribution is -2.35. The minimum Gasteiger partial charge on any atom is -0.490 e. The minimum absolute atomic E-state index is 0.0224. The number of hydrogen-bond acceptors (Lipinski definition) is 6. The molecule has 7 nitrogen and oxygen atoms in total. The maximum Gasteiger partial charge on any atom is 0.283 e. The lowest BCUT2D eigenvalue weighted by Gasteiger charge is -2.20. The summed E-state index contributed by atoms with van der Waals surface area (Å²) in [5.41, 5.74) is 3.27. The van der Waals surface area contributed by atoms with Crippen molar-refractivity contribution < 1.29 is 14.3 Å². The number of amidine groups is 2. The van der Waals surface area contributed by atoms with E-state index in [2.05, 4.69) is 10.1 Å². The molecule has 0 bridgehead atoms. The highest BCUT2D eigenvalue weighted by Gasteiger charge is 2.35. The van der Waals surface area contributed by atoms with Crippen molar-refractivity contribution in [3.8, 4) is 11.5 Å². The Morgan fingerprint density at radius 3 is 2.22 bits per heavy atom. The number of aryl methyl sites for hydroxylation is 1. The molecule has 36 heavy (non-hydrogen) atoms. The first kappa shape index (κ1) is 23.6. The van der Waals surface area contributed by atoms with Gasteiger partial charge in [0.2, 0.25) is 5.17 Å². The number of amides is 1. The summed E-state index contributed by atoms with van der Waals surface area (Å²) in [6.07, 6.45) is 2.28. The highest BCUT2D eigenvalue weighted by molar-refractivity contribution is 8.26. The molecule has 0 spiro atoms. The molecule has 2 heterocycles. The molecule has 0 unspecified atom stereocenters. The van der Waals surface area contributed by atoms with Crippen LogP contribution in [0.1, 0.15) is 16.7 Å². The summed E-state index contributed by atoms with van der Waals surface area (Å²) in [6, 6.07) is 25.2. The number of hydrazone groups is 1. The standard InChI is InChI=1S/C28H24N4O3S/c1-19-7-11-22(12-8-19)34-15-16-35-23-13-9-21(10-14-23)17-24-26(29)32-28(30-27(24)33)36-25(31-32)18-20-5-3-2-4-6-20/h2-14,17,29H,15-16,18H2,1H3/b24-17-,29-26?. The van der Waals surface area contributed by atoms with E-state index in [0.717, 1.165) is 21.9 Å². The number of thioether (sulfide) groups is 1. The normalized spacial score (nSPS) is 16.0. The van der Waals surface area contributed by atoms with Gasteiger partial charge >= 0.3 is 0 Å². The van der Waals surface area contributed by atoms with Gasteiger partial charge in [0.25, 0.3) is 5.91 Å².